The number of nitrogens with zero attached hydrogens (tertiary/aromatic N) is 1. The van der Waals surface area contributed by atoms with Crippen molar-refractivity contribution in [3.8, 4) is 6.07 Å². The molecule has 70 valence electrons. The first-order chi connectivity index (χ1) is 6.77. The van der Waals surface area contributed by atoms with Gasteiger partial charge < -0.3 is 0 Å². The van der Waals surface area contributed by atoms with Crippen molar-refractivity contribution in [1.82, 2.24) is 0 Å². The van der Waals surface area contributed by atoms with E-state index in [2.05, 4.69) is 28.1 Å². The van der Waals surface area contributed by atoms with E-state index >= 15 is 0 Å². The Morgan fingerprint density at radius 1 is 1.57 bits per heavy atom. The van der Waals surface area contributed by atoms with E-state index in [1.54, 1.807) is 23.1 Å². The van der Waals surface area contributed by atoms with Gasteiger partial charge in [0.2, 0.25) is 0 Å². The average Bonchev–Trinajstić information content (AvgIpc) is 2.62. The van der Waals surface area contributed by atoms with E-state index in [0.29, 0.717) is 0 Å². The SMILES string of the molecule is CSc1c(Br)cc2ccsc2c1C#N. The van der Waals surface area contributed by atoms with Gasteiger partial charge in [-0.3, -0.25) is 0 Å². The van der Waals surface area contributed by atoms with E-state index < -0.39 is 0 Å². The Labute approximate surface area is 98.9 Å². The Balaban J connectivity index is 2.91. The fraction of sp³-hybridized carbons (Fsp3) is 0.100. The van der Waals surface area contributed by atoms with Crippen LogP contribution in [0.2, 0.25) is 0 Å². The molecule has 0 amide bonds. The fourth-order valence-electron chi connectivity index (χ4n) is 1.36. The van der Waals surface area contributed by atoms with Crippen molar-refractivity contribution in [2.24, 2.45) is 0 Å². The van der Waals surface area contributed by atoms with Gasteiger partial charge in [-0.05, 0) is 45.1 Å². The van der Waals surface area contributed by atoms with E-state index in [9.17, 15) is 0 Å². The van der Waals surface area contributed by atoms with Crippen LogP contribution in [0.25, 0.3) is 10.1 Å². The van der Waals surface area contributed by atoms with Gasteiger partial charge in [0.15, 0.2) is 0 Å². The Kier molecular flexibility index (Phi) is 2.82. The summed E-state index contributed by atoms with van der Waals surface area (Å²) in [6.45, 7) is 0. The van der Waals surface area contributed by atoms with Crippen molar-refractivity contribution in [2.45, 2.75) is 4.90 Å². The van der Waals surface area contributed by atoms with Crippen molar-refractivity contribution in [3.63, 3.8) is 0 Å². The second-order valence-electron chi connectivity index (χ2n) is 2.72. The molecule has 0 bridgehead atoms. The number of thioether (sulfide) groups is 1. The predicted molar refractivity (Wildman–Crippen MR) is 66.0 cm³/mol. The van der Waals surface area contributed by atoms with Crippen LogP contribution in [0.15, 0.2) is 26.9 Å². The lowest BCUT2D eigenvalue weighted by Crippen LogP contribution is -1.82. The van der Waals surface area contributed by atoms with Crippen LogP contribution < -0.4 is 0 Å². The van der Waals surface area contributed by atoms with Gasteiger partial charge in [-0.15, -0.1) is 23.1 Å². The Hall–Kier alpha value is -0.500. The Bertz CT molecular complexity index is 525. The van der Waals surface area contributed by atoms with Crippen LogP contribution in [0.4, 0.5) is 0 Å². The summed E-state index contributed by atoms with van der Waals surface area (Å²) in [6.07, 6.45) is 1.99. The van der Waals surface area contributed by atoms with E-state index in [1.807, 2.05) is 17.7 Å². The van der Waals surface area contributed by atoms with Crippen LogP contribution in [-0.4, -0.2) is 6.26 Å². The van der Waals surface area contributed by atoms with Gasteiger partial charge in [-0.1, -0.05) is 0 Å². The summed E-state index contributed by atoms with van der Waals surface area (Å²) in [4.78, 5) is 1.03. The zero-order chi connectivity index (χ0) is 10.1. The third-order valence-electron chi connectivity index (χ3n) is 1.96. The number of hydrogen-bond donors (Lipinski definition) is 0. The highest BCUT2D eigenvalue weighted by Gasteiger charge is 2.11. The summed E-state index contributed by atoms with van der Waals surface area (Å²) in [5.74, 6) is 0. The van der Waals surface area contributed by atoms with E-state index in [-0.39, 0.29) is 0 Å². The van der Waals surface area contributed by atoms with Crippen molar-refractivity contribution < 1.29 is 0 Å². The molecule has 0 saturated heterocycles. The van der Waals surface area contributed by atoms with Crippen molar-refractivity contribution in [2.75, 3.05) is 6.26 Å². The minimum Gasteiger partial charge on any atom is -0.192 e. The average molecular weight is 284 g/mol. The summed E-state index contributed by atoms with van der Waals surface area (Å²) in [5, 5.41) is 12.3. The zero-order valence-corrected chi connectivity index (χ0v) is 10.6. The van der Waals surface area contributed by atoms with Crippen LogP contribution in [-0.2, 0) is 0 Å². The molecule has 1 aromatic heterocycles. The lowest BCUT2D eigenvalue weighted by atomic mass is 10.2. The molecule has 0 aliphatic carbocycles. The zero-order valence-electron chi connectivity index (χ0n) is 7.37. The van der Waals surface area contributed by atoms with Gasteiger partial charge in [0, 0.05) is 9.37 Å². The second-order valence-corrected chi connectivity index (χ2v) is 5.30. The van der Waals surface area contributed by atoms with Crippen molar-refractivity contribution >= 4 is 49.1 Å². The van der Waals surface area contributed by atoms with Crippen LogP contribution >= 0.6 is 39.0 Å². The van der Waals surface area contributed by atoms with Crippen molar-refractivity contribution in [3.05, 3.63) is 27.5 Å². The maximum atomic E-state index is 9.11. The number of hydrogen-bond acceptors (Lipinski definition) is 3. The molecule has 1 nitrogen and oxygen atoms in total. The van der Waals surface area contributed by atoms with E-state index in [1.165, 1.54) is 0 Å². The lowest BCUT2D eigenvalue weighted by molar-refractivity contribution is 1.38. The van der Waals surface area contributed by atoms with Gasteiger partial charge in [-0.25, -0.2) is 0 Å². The predicted octanol–water partition coefficient (Wildman–Crippen LogP) is 4.26. The lowest BCUT2D eigenvalue weighted by Gasteiger charge is -2.04. The van der Waals surface area contributed by atoms with Crippen molar-refractivity contribution in [1.29, 1.82) is 5.26 Å². The van der Waals surface area contributed by atoms with Crippen LogP contribution in [0.5, 0.6) is 0 Å². The molecule has 0 spiro atoms. The van der Waals surface area contributed by atoms with E-state index in [4.69, 9.17) is 5.26 Å². The second kappa shape index (κ2) is 3.93. The third-order valence-corrected chi connectivity index (χ3v) is 4.63. The van der Waals surface area contributed by atoms with E-state index in [0.717, 1.165) is 25.0 Å². The fourth-order valence-corrected chi connectivity index (χ4v) is 3.84. The third kappa shape index (κ3) is 1.46. The minimum absolute atomic E-state index is 0.789. The first-order valence-corrected chi connectivity index (χ1v) is 6.81. The molecule has 2 rings (SSSR count). The molecule has 1 heterocycles. The van der Waals surface area contributed by atoms with Crippen LogP contribution in [0.3, 0.4) is 0 Å². The number of halogens is 1. The molecular formula is C10H6BrNS2. The molecule has 2 aromatic rings. The maximum absolute atomic E-state index is 9.11. The molecular weight excluding hydrogens is 278 g/mol. The summed E-state index contributed by atoms with van der Waals surface area (Å²) < 4.78 is 2.09. The molecule has 0 fully saturated rings. The monoisotopic (exact) mass is 283 g/mol. The first kappa shape index (κ1) is 10.0. The molecule has 14 heavy (non-hydrogen) atoms. The number of thiophene rings is 1. The molecule has 0 unspecified atom stereocenters. The Morgan fingerprint density at radius 2 is 2.36 bits per heavy atom. The minimum atomic E-state index is 0.789. The standard InChI is InChI=1S/C10H6BrNS2/c1-13-10-7(5-12)9-6(2-3-14-9)4-8(10)11/h2-4H,1H3. The van der Waals surface area contributed by atoms with Gasteiger partial charge >= 0.3 is 0 Å². The molecule has 0 N–H and O–H groups in total. The van der Waals surface area contributed by atoms with Gasteiger partial charge in [0.1, 0.15) is 6.07 Å². The molecule has 1 aromatic carbocycles. The van der Waals surface area contributed by atoms with Gasteiger partial charge in [-0.2, -0.15) is 5.26 Å². The number of rotatable bonds is 1. The highest BCUT2D eigenvalue weighted by Crippen LogP contribution is 2.37. The molecule has 0 saturated carbocycles. The molecule has 0 radical (unpaired) electrons. The first-order valence-electron chi connectivity index (χ1n) is 3.91. The molecule has 0 atom stereocenters. The summed E-state index contributed by atoms with van der Waals surface area (Å²) >= 11 is 6.71. The molecule has 4 heteroatoms. The molecule has 0 aliphatic rings. The largest absolute Gasteiger partial charge is 0.192 e. The Morgan fingerprint density at radius 3 is 3.00 bits per heavy atom. The molecule has 0 aliphatic heterocycles. The highest BCUT2D eigenvalue weighted by molar-refractivity contribution is 9.10. The van der Waals surface area contributed by atoms with Crippen LogP contribution in [0.1, 0.15) is 5.56 Å². The van der Waals surface area contributed by atoms with Crippen LogP contribution in [0, 0.1) is 11.3 Å². The number of benzene rings is 1. The summed E-state index contributed by atoms with van der Waals surface area (Å²) in [7, 11) is 0. The normalized spacial score (nSPS) is 10.4. The number of nitriles is 1. The quantitative estimate of drug-likeness (QED) is 0.731. The van der Waals surface area contributed by atoms with Gasteiger partial charge in [0.25, 0.3) is 0 Å². The highest BCUT2D eigenvalue weighted by atomic mass is 79.9. The van der Waals surface area contributed by atoms with Gasteiger partial charge in [0.05, 0.1) is 10.3 Å². The summed E-state index contributed by atoms with van der Waals surface area (Å²) in [5.41, 5.74) is 0.789. The smallest absolute Gasteiger partial charge is 0.102 e. The maximum Gasteiger partial charge on any atom is 0.102 e. The number of fused-ring (bicyclic) bond motifs is 1. The topological polar surface area (TPSA) is 23.8 Å². The summed E-state index contributed by atoms with van der Waals surface area (Å²) in [6, 6.07) is 6.38.